The number of fused-ring (bicyclic) bond motifs is 1. The van der Waals surface area contributed by atoms with Gasteiger partial charge in [0, 0.05) is 29.5 Å². The molecule has 2 aliphatic heterocycles. The maximum Gasteiger partial charge on any atom is 0.308 e. The summed E-state index contributed by atoms with van der Waals surface area (Å²) in [6, 6.07) is 0. The molecule has 1 aromatic carbocycles. The highest BCUT2D eigenvalue weighted by Crippen LogP contribution is 2.49. The molecule has 27 heavy (non-hydrogen) atoms. The maximum atomic E-state index is 11.6. The van der Waals surface area contributed by atoms with Gasteiger partial charge in [-0.2, -0.15) is 0 Å². The van der Waals surface area contributed by atoms with Crippen LogP contribution in [0.25, 0.3) is 0 Å². The molecule has 150 valence electrons. The van der Waals surface area contributed by atoms with Gasteiger partial charge in [-0.1, -0.05) is 20.8 Å². The van der Waals surface area contributed by atoms with Gasteiger partial charge in [0.05, 0.1) is 12.5 Å². The minimum atomic E-state index is -0.634. The number of aromatic hydroxyl groups is 1. The summed E-state index contributed by atoms with van der Waals surface area (Å²) in [5, 5.41) is 20.9. The van der Waals surface area contributed by atoms with Crippen molar-refractivity contribution in [3.63, 3.8) is 0 Å². The van der Waals surface area contributed by atoms with Crippen molar-refractivity contribution in [3.8, 4) is 11.5 Å². The fourth-order valence-corrected chi connectivity index (χ4v) is 4.40. The molecule has 1 saturated heterocycles. The molecule has 1 fully saturated rings. The number of aliphatic hydroxyl groups is 1. The van der Waals surface area contributed by atoms with Gasteiger partial charge in [-0.3, -0.25) is 4.79 Å². The topological polar surface area (TPSA) is 76.0 Å². The number of carbonyl (C=O) groups is 1. The van der Waals surface area contributed by atoms with Crippen LogP contribution < -0.4 is 4.74 Å². The Bertz CT molecular complexity index is 757. The number of hydrogen-bond acceptors (Lipinski definition) is 5. The number of cyclic esters (lactones) is 1. The molecule has 0 amide bonds. The van der Waals surface area contributed by atoms with Crippen LogP contribution >= 0.6 is 0 Å². The van der Waals surface area contributed by atoms with Crippen LogP contribution in [-0.2, 0) is 27.8 Å². The lowest BCUT2D eigenvalue weighted by Crippen LogP contribution is -2.33. The largest absolute Gasteiger partial charge is 0.507 e. The van der Waals surface area contributed by atoms with Crippen molar-refractivity contribution >= 4 is 5.97 Å². The third kappa shape index (κ3) is 3.93. The molecule has 0 aromatic heterocycles. The first-order valence-electron chi connectivity index (χ1n) is 9.83. The number of rotatable bonds is 3. The minimum Gasteiger partial charge on any atom is -0.507 e. The Morgan fingerprint density at radius 3 is 2.52 bits per heavy atom. The number of phenolic OH excluding ortho intramolecular Hbond substituents is 1. The molecule has 0 aliphatic carbocycles. The van der Waals surface area contributed by atoms with E-state index in [-0.39, 0.29) is 29.5 Å². The van der Waals surface area contributed by atoms with Gasteiger partial charge >= 0.3 is 5.97 Å². The first-order valence-corrected chi connectivity index (χ1v) is 9.83. The molecule has 1 aromatic rings. The van der Waals surface area contributed by atoms with E-state index in [9.17, 15) is 15.0 Å². The Morgan fingerprint density at radius 1 is 1.26 bits per heavy atom. The summed E-state index contributed by atoms with van der Waals surface area (Å²) < 4.78 is 11.7. The minimum absolute atomic E-state index is 0.0712. The van der Waals surface area contributed by atoms with E-state index in [1.807, 2.05) is 6.92 Å². The van der Waals surface area contributed by atoms with E-state index >= 15 is 0 Å². The summed E-state index contributed by atoms with van der Waals surface area (Å²) >= 11 is 0. The second kappa shape index (κ2) is 6.69. The monoisotopic (exact) mass is 376 g/mol. The van der Waals surface area contributed by atoms with Crippen LogP contribution in [0.15, 0.2) is 0 Å². The molecule has 5 heteroatoms. The van der Waals surface area contributed by atoms with Crippen molar-refractivity contribution in [1.82, 2.24) is 0 Å². The average Bonchev–Trinajstić information content (AvgIpc) is 2.83. The van der Waals surface area contributed by atoms with E-state index in [2.05, 4.69) is 34.6 Å². The molecule has 2 atom stereocenters. The third-order valence-corrected chi connectivity index (χ3v) is 5.58. The third-order valence-electron chi connectivity index (χ3n) is 5.58. The number of hydrogen-bond donors (Lipinski definition) is 2. The Morgan fingerprint density at radius 2 is 1.93 bits per heavy atom. The summed E-state index contributed by atoms with van der Waals surface area (Å²) in [6.45, 7) is 12.3. The molecule has 0 saturated carbocycles. The van der Waals surface area contributed by atoms with Crippen molar-refractivity contribution in [3.05, 3.63) is 22.3 Å². The van der Waals surface area contributed by atoms with Gasteiger partial charge in [-0.25, -0.2) is 0 Å². The van der Waals surface area contributed by atoms with Gasteiger partial charge in [0.1, 0.15) is 23.2 Å². The van der Waals surface area contributed by atoms with E-state index in [0.717, 1.165) is 34.4 Å². The summed E-state index contributed by atoms with van der Waals surface area (Å²) in [5.74, 6) is 0.880. The summed E-state index contributed by atoms with van der Waals surface area (Å²) in [4.78, 5) is 11.6. The lowest BCUT2D eigenvalue weighted by Gasteiger charge is -2.30. The lowest BCUT2D eigenvalue weighted by molar-refractivity contribution is -0.160. The summed E-state index contributed by atoms with van der Waals surface area (Å²) in [6.07, 6.45) is 1.59. The van der Waals surface area contributed by atoms with E-state index in [1.165, 1.54) is 0 Å². The SMILES string of the molecule is Cc1c(O)c(C(C)(C)C)c(CC[C@H]2C[C@H](O)CC(=O)O2)c2c1CC(C)(C)O2. The zero-order chi connectivity index (χ0) is 20.1. The van der Waals surface area contributed by atoms with E-state index in [1.54, 1.807) is 0 Å². The van der Waals surface area contributed by atoms with Crippen LogP contribution in [-0.4, -0.2) is 34.0 Å². The fraction of sp³-hybridized carbons (Fsp3) is 0.682. The fourth-order valence-electron chi connectivity index (χ4n) is 4.40. The molecular formula is C22H32O5. The lowest BCUT2D eigenvalue weighted by atomic mass is 9.78. The average molecular weight is 376 g/mol. The normalized spacial score (nSPS) is 24.3. The summed E-state index contributed by atoms with van der Waals surface area (Å²) in [7, 11) is 0. The van der Waals surface area contributed by atoms with Crippen molar-refractivity contribution < 1.29 is 24.5 Å². The predicted molar refractivity (Wildman–Crippen MR) is 103 cm³/mol. The van der Waals surface area contributed by atoms with Gasteiger partial charge in [-0.05, 0) is 44.6 Å². The second-order valence-electron chi connectivity index (χ2n) is 9.67. The molecule has 3 rings (SSSR count). The van der Waals surface area contributed by atoms with Gasteiger partial charge in [0.2, 0.25) is 0 Å². The number of carbonyl (C=O) groups excluding carboxylic acids is 1. The smallest absolute Gasteiger partial charge is 0.308 e. The molecule has 2 aliphatic rings. The van der Waals surface area contributed by atoms with Crippen molar-refractivity contribution in [2.24, 2.45) is 0 Å². The van der Waals surface area contributed by atoms with E-state index in [4.69, 9.17) is 9.47 Å². The quantitative estimate of drug-likeness (QED) is 0.787. The van der Waals surface area contributed by atoms with Crippen LogP contribution in [0.4, 0.5) is 0 Å². The first-order chi connectivity index (χ1) is 12.4. The van der Waals surface area contributed by atoms with Gasteiger partial charge < -0.3 is 19.7 Å². The van der Waals surface area contributed by atoms with Gasteiger partial charge in [-0.15, -0.1) is 0 Å². The zero-order valence-corrected chi connectivity index (χ0v) is 17.3. The molecule has 2 heterocycles. The number of esters is 1. The number of phenols is 1. The predicted octanol–water partition coefficient (Wildman–Crippen LogP) is 3.71. The van der Waals surface area contributed by atoms with Gasteiger partial charge in [0.15, 0.2) is 0 Å². The molecule has 0 spiro atoms. The molecule has 0 unspecified atom stereocenters. The Balaban J connectivity index is 1.99. The van der Waals surface area contributed by atoms with Gasteiger partial charge in [0.25, 0.3) is 0 Å². The van der Waals surface area contributed by atoms with Crippen LogP contribution in [0, 0.1) is 6.92 Å². The van der Waals surface area contributed by atoms with Crippen molar-refractivity contribution in [1.29, 1.82) is 0 Å². The highest BCUT2D eigenvalue weighted by Gasteiger charge is 2.38. The summed E-state index contributed by atoms with van der Waals surface area (Å²) in [5.41, 5.74) is 3.31. The number of aliphatic hydroxyl groups excluding tert-OH is 1. The molecule has 2 N–H and O–H groups in total. The van der Waals surface area contributed by atoms with Crippen LogP contribution in [0.5, 0.6) is 11.5 Å². The molecule has 5 nitrogen and oxygen atoms in total. The Hall–Kier alpha value is -1.75. The first kappa shape index (κ1) is 20.0. The van der Waals surface area contributed by atoms with Crippen LogP contribution in [0.3, 0.4) is 0 Å². The number of benzene rings is 1. The molecule has 0 bridgehead atoms. The zero-order valence-electron chi connectivity index (χ0n) is 17.3. The van der Waals surface area contributed by atoms with E-state index < -0.39 is 6.10 Å². The Kier molecular flexibility index (Phi) is 4.96. The molecule has 0 radical (unpaired) electrons. The molecular weight excluding hydrogens is 344 g/mol. The maximum absolute atomic E-state index is 11.6. The van der Waals surface area contributed by atoms with Crippen molar-refractivity contribution in [2.45, 2.75) is 96.9 Å². The number of ether oxygens (including phenoxy) is 2. The Labute approximate surface area is 161 Å². The van der Waals surface area contributed by atoms with Crippen LogP contribution in [0.2, 0.25) is 0 Å². The van der Waals surface area contributed by atoms with E-state index in [0.29, 0.717) is 25.0 Å². The second-order valence-corrected chi connectivity index (χ2v) is 9.67. The van der Waals surface area contributed by atoms with Crippen LogP contribution in [0.1, 0.15) is 76.1 Å². The highest BCUT2D eigenvalue weighted by molar-refractivity contribution is 5.71. The highest BCUT2D eigenvalue weighted by atomic mass is 16.5. The van der Waals surface area contributed by atoms with Crippen molar-refractivity contribution in [2.75, 3.05) is 0 Å². The standard InChI is InChI=1S/C22H32O5/c1-12-16-11-22(5,6)27-20(16)15(18(19(12)25)21(2,3)4)8-7-14-9-13(23)10-17(24)26-14/h13-14,23,25H,7-11H2,1-6H3/t13-,14-/m0/s1.